The Morgan fingerprint density at radius 2 is 0.476 bits per heavy atom. The van der Waals surface area contributed by atoms with Crippen molar-refractivity contribution in [1.29, 1.82) is 0 Å². The monoisotopic (exact) mass is 1150 g/mol. The molecule has 0 rings (SSSR count). The van der Waals surface area contributed by atoms with Gasteiger partial charge < -0.3 is 14.2 Å². The lowest BCUT2D eigenvalue weighted by Crippen LogP contribution is -2.30. The molecule has 6 nitrogen and oxygen atoms in total. The maximum Gasteiger partial charge on any atom is 0.306 e. The van der Waals surface area contributed by atoms with Gasteiger partial charge in [0.25, 0.3) is 0 Å². The lowest BCUT2D eigenvalue weighted by atomic mass is 10.0. The first-order chi connectivity index (χ1) is 40.5. The van der Waals surface area contributed by atoms with Crippen LogP contribution in [0.3, 0.4) is 0 Å². The molecule has 1 atom stereocenters. The highest BCUT2D eigenvalue weighted by Gasteiger charge is 2.19. The van der Waals surface area contributed by atoms with Gasteiger partial charge in [0.15, 0.2) is 6.10 Å². The Hall–Kier alpha value is -2.89. The van der Waals surface area contributed by atoms with Crippen molar-refractivity contribution in [2.45, 2.75) is 393 Å². The van der Waals surface area contributed by atoms with Crippen LogP contribution in [0.25, 0.3) is 0 Å². The van der Waals surface area contributed by atoms with Gasteiger partial charge in [0.05, 0.1) is 0 Å². The van der Waals surface area contributed by atoms with Crippen molar-refractivity contribution in [3.63, 3.8) is 0 Å². The van der Waals surface area contributed by atoms with Crippen LogP contribution in [0.5, 0.6) is 0 Å². The Kier molecular flexibility index (Phi) is 68.1. The van der Waals surface area contributed by atoms with Crippen molar-refractivity contribution in [3.8, 4) is 0 Å². The number of hydrogen-bond acceptors (Lipinski definition) is 6. The zero-order chi connectivity index (χ0) is 59.2. The SMILES string of the molecule is CC/C=C\C/C=C\C/C=C\C/C=C\C/C=C\CCCCCCCCCCCC(=O)OC(COC(=O)CCCCCCCCCCC)COC(=O)CCCCCCCCCCCCCCCCCCCCCCCCCCCCCCCC. The number of rotatable bonds is 67. The molecule has 6 heteroatoms. The molecule has 0 fully saturated rings. The van der Waals surface area contributed by atoms with Gasteiger partial charge in [-0.1, -0.05) is 364 Å². The number of unbranched alkanes of at least 4 members (excludes halogenated alkanes) is 46. The van der Waals surface area contributed by atoms with E-state index < -0.39 is 6.10 Å². The Morgan fingerprint density at radius 3 is 0.744 bits per heavy atom. The predicted molar refractivity (Wildman–Crippen MR) is 358 cm³/mol. The molecule has 0 aromatic carbocycles. The first-order valence-electron chi connectivity index (χ1n) is 36.3. The highest BCUT2D eigenvalue weighted by molar-refractivity contribution is 5.71. The first kappa shape index (κ1) is 79.1. The molecule has 0 aromatic heterocycles. The highest BCUT2D eigenvalue weighted by Crippen LogP contribution is 2.19. The minimum atomic E-state index is -0.775. The van der Waals surface area contributed by atoms with E-state index in [4.69, 9.17) is 14.2 Å². The molecule has 0 aliphatic carbocycles. The molecule has 478 valence electrons. The highest BCUT2D eigenvalue weighted by atomic mass is 16.6. The molecule has 0 amide bonds. The van der Waals surface area contributed by atoms with Crippen molar-refractivity contribution < 1.29 is 28.6 Å². The van der Waals surface area contributed by atoms with Gasteiger partial charge in [0, 0.05) is 19.3 Å². The summed E-state index contributed by atoms with van der Waals surface area (Å²) in [4.78, 5) is 38.3. The van der Waals surface area contributed by atoms with Crippen molar-refractivity contribution >= 4 is 17.9 Å². The van der Waals surface area contributed by atoms with Crippen LogP contribution < -0.4 is 0 Å². The maximum absolute atomic E-state index is 12.9. The lowest BCUT2D eigenvalue weighted by Gasteiger charge is -2.18. The van der Waals surface area contributed by atoms with E-state index >= 15 is 0 Å². The van der Waals surface area contributed by atoms with Gasteiger partial charge >= 0.3 is 17.9 Å². The van der Waals surface area contributed by atoms with Crippen LogP contribution in [0.15, 0.2) is 60.8 Å². The van der Waals surface area contributed by atoms with E-state index in [9.17, 15) is 14.4 Å². The van der Waals surface area contributed by atoms with Crippen LogP contribution in [-0.2, 0) is 28.6 Å². The molecule has 0 aliphatic heterocycles. The third-order valence-corrected chi connectivity index (χ3v) is 16.3. The van der Waals surface area contributed by atoms with Gasteiger partial charge in [0.2, 0.25) is 0 Å². The second-order valence-electron chi connectivity index (χ2n) is 24.5. The number of hydrogen-bond donors (Lipinski definition) is 0. The zero-order valence-electron chi connectivity index (χ0n) is 55.0. The Labute approximate surface area is 510 Å². The minimum Gasteiger partial charge on any atom is -0.462 e. The van der Waals surface area contributed by atoms with Crippen LogP contribution in [-0.4, -0.2) is 37.2 Å². The van der Waals surface area contributed by atoms with E-state index in [2.05, 4.69) is 81.5 Å². The summed E-state index contributed by atoms with van der Waals surface area (Å²) in [6, 6.07) is 0. The van der Waals surface area contributed by atoms with Gasteiger partial charge in [-0.15, -0.1) is 0 Å². The van der Waals surface area contributed by atoms with E-state index in [0.717, 1.165) is 96.3 Å². The zero-order valence-corrected chi connectivity index (χ0v) is 55.0. The van der Waals surface area contributed by atoms with Crippen LogP contribution >= 0.6 is 0 Å². The molecule has 0 heterocycles. The Balaban J connectivity index is 4.10. The summed E-state index contributed by atoms with van der Waals surface area (Å²) in [5.41, 5.74) is 0. The Bertz CT molecular complexity index is 1460. The summed E-state index contributed by atoms with van der Waals surface area (Å²) in [5, 5.41) is 0. The fourth-order valence-electron chi connectivity index (χ4n) is 10.9. The normalized spacial score (nSPS) is 12.4. The fourth-order valence-corrected chi connectivity index (χ4v) is 10.9. The number of ether oxygens (including phenoxy) is 3. The minimum absolute atomic E-state index is 0.0716. The second kappa shape index (κ2) is 70.6. The predicted octanol–water partition coefficient (Wildman–Crippen LogP) is 25.1. The summed E-state index contributed by atoms with van der Waals surface area (Å²) in [5.74, 6) is -0.857. The number of carbonyl (C=O) groups excluding carboxylic acids is 3. The third kappa shape index (κ3) is 67.9. The van der Waals surface area contributed by atoms with Gasteiger partial charge in [-0.05, 0) is 64.2 Å². The summed E-state index contributed by atoms with van der Waals surface area (Å²) in [7, 11) is 0. The van der Waals surface area contributed by atoms with Gasteiger partial charge in [-0.3, -0.25) is 14.4 Å². The van der Waals surface area contributed by atoms with Gasteiger partial charge in [-0.25, -0.2) is 0 Å². The lowest BCUT2D eigenvalue weighted by molar-refractivity contribution is -0.167. The number of esters is 3. The average Bonchev–Trinajstić information content (AvgIpc) is 3.48. The van der Waals surface area contributed by atoms with Crippen LogP contribution in [0.2, 0.25) is 0 Å². The molecule has 82 heavy (non-hydrogen) atoms. The van der Waals surface area contributed by atoms with E-state index in [1.807, 2.05) is 0 Å². The van der Waals surface area contributed by atoms with Crippen molar-refractivity contribution in [2.24, 2.45) is 0 Å². The molecule has 0 saturated carbocycles. The van der Waals surface area contributed by atoms with E-state index in [1.54, 1.807) is 0 Å². The van der Waals surface area contributed by atoms with Crippen molar-refractivity contribution in [1.82, 2.24) is 0 Å². The van der Waals surface area contributed by atoms with Crippen LogP contribution in [0.1, 0.15) is 387 Å². The molecule has 0 saturated heterocycles. The van der Waals surface area contributed by atoms with E-state index in [0.29, 0.717) is 19.3 Å². The van der Waals surface area contributed by atoms with E-state index in [1.165, 1.54) is 250 Å². The standard InChI is InChI=1S/C76H138O6/c1-4-7-10-13-16-19-21-23-25-27-29-31-33-35-36-37-38-39-41-42-44-46-48-50-52-54-57-60-63-66-69-75(78)81-72-73(71-80-74(77)68-65-62-59-56-18-15-12-9-6-3)82-76(79)70-67-64-61-58-55-53-51-49-47-45-43-40-34-32-30-28-26-24-22-20-17-14-11-8-5-2/h8,11,17,20,24,26,30,32,40,43,73H,4-7,9-10,12-16,18-19,21-23,25,27-29,31,33-39,41-42,44-72H2,1-3H3/b11-8-,20-17-,26-24-,32-30-,43-40-. The topological polar surface area (TPSA) is 78.9 Å². The third-order valence-electron chi connectivity index (χ3n) is 16.3. The van der Waals surface area contributed by atoms with Crippen molar-refractivity contribution in [3.05, 3.63) is 60.8 Å². The summed E-state index contributed by atoms with van der Waals surface area (Å²) >= 11 is 0. The van der Waals surface area contributed by atoms with E-state index in [-0.39, 0.29) is 31.1 Å². The molecule has 0 aromatic rings. The molecule has 0 bridgehead atoms. The van der Waals surface area contributed by atoms with Crippen LogP contribution in [0, 0.1) is 0 Å². The Morgan fingerprint density at radius 1 is 0.256 bits per heavy atom. The quantitative estimate of drug-likeness (QED) is 0.0261. The molecule has 1 unspecified atom stereocenters. The summed E-state index contributed by atoms with van der Waals surface area (Å²) in [6.07, 6.45) is 91.4. The molecule has 0 N–H and O–H groups in total. The first-order valence-corrected chi connectivity index (χ1v) is 36.3. The fraction of sp³-hybridized carbons (Fsp3) is 0.829. The molecule has 0 aliphatic rings. The summed E-state index contributed by atoms with van der Waals surface area (Å²) in [6.45, 7) is 6.57. The largest absolute Gasteiger partial charge is 0.462 e. The second-order valence-corrected chi connectivity index (χ2v) is 24.5. The van der Waals surface area contributed by atoms with Gasteiger partial charge in [-0.2, -0.15) is 0 Å². The summed E-state index contributed by atoms with van der Waals surface area (Å²) < 4.78 is 16.9. The molecular weight excluding hydrogens is 1010 g/mol. The van der Waals surface area contributed by atoms with Crippen LogP contribution in [0.4, 0.5) is 0 Å². The molecule has 0 spiro atoms. The molecule has 0 radical (unpaired) electrons. The van der Waals surface area contributed by atoms with Crippen molar-refractivity contribution in [2.75, 3.05) is 13.2 Å². The smallest absolute Gasteiger partial charge is 0.306 e. The number of allylic oxidation sites excluding steroid dienone is 10. The molecular formula is C76H138O6. The number of carbonyl (C=O) groups is 3. The average molecular weight is 1150 g/mol. The maximum atomic E-state index is 12.9. The van der Waals surface area contributed by atoms with Gasteiger partial charge in [0.1, 0.15) is 13.2 Å².